The van der Waals surface area contributed by atoms with Crippen molar-refractivity contribution in [3.8, 4) is 0 Å². The van der Waals surface area contributed by atoms with Gasteiger partial charge in [-0.25, -0.2) is 5.43 Å². The number of furan rings is 1. The minimum atomic E-state index is -0.0458. The predicted molar refractivity (Wildman–Crippen MR) is 69.8 cm³/mol. The Kier molecular flexibility index (Phi) is 3.84. The zero-order valence-electron chi connectivity index (χ0n) is 11.1. The Balaban J connectivity index is 2.13. The summed E-state index contributed by atoms with van der Waals surface area (Å²) >= 11 is 0. The van der Waals surface area contributed by atoms with Gasteiger partial charge in [-0.15, -0.1) is 0 Å². The highest BCUT2D eigenvalue weighted by molar-refractivity contribution is 5.20. The van der Waals surface area contributed by atoms with E-state index in [4.69, 9.17) is 10.3 Å². The van der Waals surface area contributed by atoms with Gasteiger partial charge < -0.3 is 4.42 Å². The summed E-state index contributed by atoms with van der Waals surface area (Å²) in [5, 5.41) is 4.52. The van der Waals surface area contributed by atoms with E-state index >= 15 is 0 Å². The van der Waals surface area contributed by atoms with Gasteiger partial charge in [-0.1, -0.05) is 0 Å². The quantitative estimate of drug-likeness (QED) is 0.628. The molecule has 0 fully saturated rings. The lowest BCUT2D eigenvalue weighted by Crippen LogP contribution is -2.29. The molecule has 0 aliphatic rings. The van der Waals surface area contributed by atoms with Gasteiger partial charge in [-0.3, -0.25) is 10.5 Å². The average Bonchev–Trinajstić information content (AvgIpc) is 2.95. The number of aromatic nitrogens is 2. The van der Waals surface area contributed by atoms with Crippen molar-refractivity contribution in [2.45, 2.75) is 39.3 Å². The summed E-state index contributed by atoms with van der Waals surface area (Å²) in [6.07, 6.45) is 4.38. The smallest absolute Gasteiger partial charge is 0.125 e. The van der Waals surface area contributed by atoms with Crippen molar-refractivity contribution in [1.29, 1.82) is 0 Å². The van der Waals surface area contributed by atoms with Crippen molar-refractivity contribution >= 4 is 0 Å². The maximum atomic E-state index is 5.60. The highest BCUT2D eigenvalue weighted by Gasteiger charge is 2.17. The lowest BCUT2D eigenvalue weighted by Gasteiger charge is -2.13. The molecule has 98 valence electrons. The largest absolute Gasteiger partial charge is 0.467 e. The number of hydrogen-bond acceptors (Lipinski definition) is 4. The van der Waals surface area contributed by atoms with Crippen LogP contribution in [0.4, 0.5) is 0 Å². The lowest BCUT2D eigenvalue weighted by molar-refractivity contribution is 0.408. The molecule has 0 aromatic carbocycles. The molecule has 0 aliphatic carbocycles. The Morgan fingerprint density at radius 3 is 2.72 bits per heavy atom. The van der Waals surface area contributed by atoms with Crippen molar-refractivity contribution in [2.24, 2.45) is 5.84 Å². The number of nitrogens with one attached hydrogen (secondary N) is 1. The van der Waals surface area contributed by atoms with E-state index in [0.717, 1.165) is 17.0 Å². The average molecular weight is 248 g/mol. The Morgan fingerprint density at radius 2 is 2.22 bits per heavy atom. The first-order valence-electron chi connectivity index (χ1n) is 6.16. The van der Waals surface area contributed by atoms with Crippen LogP contribution in [-0.2, 0) is 6.42 Å². The molecule has 2 aromatic rings. The number of hydrogen-bond donors (Lipinski definition) is 2. The molecule has 0 bridgehead atoms. The molecule has 0 saturated carbocycles. The van der Waals surface area contributed by atoms with E-state index in [9.17, 15) is 0 Å². The first-order chi connectivity index (χ1) is 8.61. The second-order valence-corrected chi connectivity index (χ2v) is 4.77. The van der Waals surface area contributed by atoms with Gasteiger partial charge in [0.05, 0.1) is 18.0 Å². The van der Waals surface area contributed by atoms with Crippen LogP contribution >= 0.6 is 0 Å². The zero-order chi connectivity index (χ0) is 13.1. The molecule has 2 aromatic heterocycles. The van der Waals surface area contributed by atoms with Crippen molar-refractivity contribution in [1.82, 2.24) is 15.2 Å². The molecule has 5 heteroatoms. The van der Waals surface area contributed by atoms with Crippen molar-refractivity contribution in [2.75, 3.05) is 0 Å². The fraction of sp³-hybridized carbons (Fsp3) is 0.462. The summed E-state index contributed by atoms with van der Waals surface area (Å²) in [7, 11) is 0. The highest BCUT2D eigenvalue weighted by Crippen LogP contribution is 2.21. The van der Waals surface area contributed by atoms with Crippen LogP contribution in [0.2, 0.25) is 0 Å². The first kappa shape index (κ1) is 12.9. The van der Waals surface area contributed by atoms with Crippen molar-refractivity contribution in [3.63, 3.8) is 0 Å². The molecular weight excluding hydrogens is 228 g/mol. The van der Waals surface area contributed by atoms with Crippen LogP contribution < -0.4 is 11.3 Å². The normalized spacial score (nSPS) is 13.2. The van der Waals surface area contributed by atoms with Gasteiger partial charge in [-0.2, -0.15) is 5.10 Å². The van der Waals surface area contributed by atoms with E-state index in [1.807, 2.05) is 29.9 Å². The van der Waals surface area contributed by atoms with Gasteiger partial charge in [0.25, 0.3) is 0 Å². The molecule has 2 rings (SSSR count). The zero-order valence-corrected chi connectivity index (χ0v) is 11.1. The molecule has 1 unspecified atom stereocenters. The second kappa shape index (κ2) is 5.37. The molecule has 3 N–H and O–H groups in total. The summed E-state index contributed by atoms with van der Waals surface area (Å²) < 4.78 is 7.41. The molecule has 2 heterocycles. The molecule has 0 saturated heterocycles. The minimum absolute atomic E-state index is 0.0458. The first-order valence-corrected chi connectivity index (χ1v) is 6.16. The fourth-order valence-corrected chi connectivity index (χ4v) is 1.95. The summed E-state index contributed by atoms with van der Waals surface area (Å²) in [6.45, 7) is 6.22. The van der Waals surface area contributed by atoms with Gasteiger partial charge in [0.1, 0.15) is 5.76 Å². The molecule has 0 aliphatic heterocycles. The van der Waals surface area contributed by atoms with Crippen LogP contribution in [0.15, 0.2) is 29.0 Å². The lowest BCUT2D eigenvalue weighted by atomic mass is 10.1. The molecule has 5 nitrogen and oxygen atoms in total. The maximum absolute atomic E-state index is 5.60. The molecular formula is C13H20N4O. The van der Waals surface area contributed by atoms with E-state index in [0.29, 0.717) is 12.5 Å². The van der Waals surface area contributed by atoms with E-state index in [1.165, 1.54) is 0 Å². The molecule has 0 spiro atoms. The van der Waals surface area contributed by atoms with Gasteiger partial charge in [0.15, 0.2) is 0 Å². The standard InChI is InChI=1S/C13H20N4O/c1-9(2)17-6-4-11(16-17)8-12(15-14)13-10(3)5-7-18-13/h4-7,9,12,15H,8,14H2,1-3H3. The van der Waals surface area contributed by atoms with Crippen LogP contribution in [0, 0.1) is 6.92 Å². The Hall–Kier alpha value is -1.59. The summed E-state index contributed by atoms with van der Waals surface area (Å²) in [5.41, 5.74) is 4.89. The van der Waals surface area contributed by atoms with Crippen LogP contribution in [0.3, 0.4) is 0 Å². The van der Waals surface area contributed by atoms with Gasteiger partial charge in [0, 0.05) is 18.7 Å². The monoisotopic (exact) mass is 248 g/mol. The number of hydrazine groups is 1. The Bertz CT molecular complexity index is 501. The van der Waals surface area contributed by atoms with Crippen LogP contribution in [0.25, 0.3) is 0 Å². The highest BCUT2D eigenvalue weighted by atomic mass is 16.3. The van der Waals surface area contributed by atoms with E-state index in [2.05, 4.69) is 24.4 Å². The number of aryl methyl sites for hydroxylation is 1. The van der Waals surface area contributed by atoms with Gasteiger partial charge in [0.2, 0.25) is 0 Å². The third kappa shape index (κ3) is 2.63. The molecule has 0 amide bonds. The second-order valence-electron chi connectivity index (χ2n) is 4.77. The van der Waals surface area contributed by atoms with Gasteiger partial charge >= 0.3 is 0 Å². The van der Waals surface area contributed by atoms with Crippen LogP contribution in [0.5, 0.6) is 0 Å². The fourth-order valence-electron chi connectivity index (χ4n) is 1.95. The van der Waals surface area contributed by atoms with Crippen molar-refractivity contribution < 1.29 is 4.42 Å². The Labute approximate surface area is 107 Å². The topological polar surface area (TPSA) is 69.0 Å². The van der Waals surface area contributed by atoms with Gasteiger partial charge in [-0.05, 0) is 38.5 Å². The van der Waals surface area contributed by atoms with E-state index in [-0.39, 0.29) is 6.04 Å². The SMILES string of the molecule is Cc1ccoc1C(Cc1ccn(C(C)C)n1)NN. The van der Waals surface area contributed by atoms with E-state index < -0.39 is 0 Å². The summed E-state index contributed by atoms with van der Waals surface area (Å²) in [4.78, 5) is 0. The Morgan fingerprint density at radius 1 is 1.44 bits per heavy atom. The van der Waals surface area contributed by atoms with Crippen LogP contribution in [0.1, 0.15) is 42.9 Å². The number of nitrogens with two attached hydrogens (primary N) is 1. The molecule has 18 heavy (non-hydrogen) atoms. The molecule has 0 radical (unpaired) electrons. The maximum Gasteiger partial charge on any atom is 0.125 e. The number of rotatable bonds is 5. The third-order valence-electron chi connectivity index (χ3n) is 3.03. The van der Waals surface area contributed by atoms with Crippen LogP contribution in [-0.4, -0.2) is 9.78 Å². The summed E-state index contributed by atoms with van der Waals surface area (Å²) in [6, 6.07) is 4.28. The molecule has 1 atom stereocenters. The predicted octanol–water partition coefficient (Wildman–Crippen LogP) is 2.11. The number of nitrogens with zero attached hydrogens (tertiary/aromatic N) is 2. The third-order valence-corrected chi connectivity index (χ3v) is 3.03. The van der Waals surface area contributed by atoms with Crippen molar-refractivity contribution in [3.05, 3.63) is 41.6 Å². The minimum Gasteiger partial charge on any atom is -0.467 e. The summed E-state index contributed by atoms with van der Waals surface area (Å²) in [5.74, 6) is 6.47. The van der Waals surface area contributed by atoms with E-state index in [1.54, 1.807) is 6.26 Å².